The Kier molecular flexibility index (Phi) is 11.5. The van der Waals surface area contributed by atoms with Crippen LogP contribution in [0.5, 0.6) is 0 Å². The van der Waals surface area contributed by atoms with Crippen LogP contribution in [0.25, 0.3) is 0 Å². The van der Waals surface area contributed by atoms with Gasteiger partial charge in [-0.25, -0.2) is 8.78 Å². The van der Waals surface area contributed by atoms with E-state index < -0.39 is 104 Å². The van der Waals surface area contributed by atoms with Crippen LogP contribution in [-0.4, -0.2) is 71.5 Å². The fourth-order valence-electron chi connectivity index (χ4n) is 4.43. The Morgan fingerprint density at radius 2 is 0.776 bits per heavy atom. The summed E-state index contributed by atoms with van der Waals surface area (Å²) in [6.45, 7) is -0.126. The van der Waals surface area contributed by atoms with E-state index in [-0.39, 0.29) is 48.5 Å². The molecule has 0 spiro atoms. The Morgan fingerprint density at radius 3 is 1.04 bits per heavy atom. The molecule has 0 bridgehead atoms. The zero-order chi connectivity index (χ0) is 40.9. The molecule has 0 aromatic rings. The number of rotatable bonds is 13. The predicted molar refractivity (Wildman–Crippen MR) is 138 cm³/mol. The molecule has 0 aliphatic rings. The van der Waals surface area contributed by atoms with Crippen molar-refractivity contribution in [1.82, 2.24) is 0 Å². The largest absolute Gasteiger partial charge is 0.459 e. The number of halogens is 17. The van der Waals surface area contributed by atoms with E-state index in [1.165, 1.54) is 0 Å². The molecule has 2 unspecified atom stereocenters. The topological polar surface area (TPSA) is 72.8 Å². The molecule has 23 heteroatoms. The molecule has 296 valence electrons. The summed E-state index contributed by atoms with van der Waals surface area (Å²) < 4.78 is 292. The normalized spacial score (nSPS) is 19.1. The van der Waals surface area contributed by atoms with Crippen molar-refractivity contribution in [3.05, 3.63) is 0 Å². The molecule has 0 aliphatic carbocycles. The van der Waals surface area contributed by atoms with E-state index in [4.69, 9.17) is 4.55 Å². The van der Waals surface area contributed by atoms with Crippen LogP contribution in [0.4, 0.5) is 74.6 Å². The molecule has 5 nitrogen and oxygen atoms in total. The predicted octanol–water partition coefficient (Wildman–Crippen LogP) is 10.5. The van der Waals surface area contributed by atoms with E-state index in [0.29, 0.717) is 20.8 Å². The van der Waals surface area contributed by atoms with E-state index in [0.717, 1.165) is 0 Å². The first kappa shape index (κ1) is 47.6. The van der Waals surface area contributed by atoms with Gasteiger partial charge in [0, 0.05) is 21.7 Å². The highest BCUT2D eigenvalue weighted by Crippen LogP contribution is 2.69. The van der Waals surface area contributed by atoms with E-state index in [2.05, 4.69) is 9.47 Å². The maximum absolute atomic E-state index is 17.1. The smallest absolute Gasteiger partial charge is 0.304 e. The van der Waals surface area contributed by atoms with Crippen LogP contribution >= 0.6 is 0 Å². The first-order valence-electron chi connectivity index (χ1n) is 13.5. The van der Waals surface area contributed by atoms with Gasteiger partial charge in [-0.1, -0.05) is 69.2 Å². The van der Waals surface area contributed by atoms with Gasteiger partial charge in [0.15, 0.2) is 0 Å². The molecule has 2 atom stereocenters. The lowest BCUT2D eigenvalue weighted by molar-refractivity contribution is -0.507. The zero-order valence-electron chi connectivity index (χ0n) is 27.9. The fourth-order valence-corrected chi connectivity index (χ4v) is 4.77. The standard InChI is InChI=1S/C26H37F17O5S/c1-13(2,3)19(28,29)21(32,33)15(7,8)16(9,10)22(34,20(30,31)14(4,5)6)48-24(38,39)18(27,23(35,36)37)17(11,12)47-25(40,41)26(42,43)49(44,45)46/h1-12H3,(H,44,45,46). The minimum absolute atomic E-state index is 0.0985. The fraction of sp³-hybridized carbons (Fsp3) is 1.00. The highest BCUT2D eigenvalue weighted by molar-refractivity contribution is 7.86. The second kappa shape index (κ2) is 11.8. The van der Waals surface area contributed by atoms with Gasteiger partial charge in [-0.3, -0.25) is 9.29 Å². The summed E-state index contributed by atoms with van der Waals surface area (Å²) in [7, 11) is -7.41. The number of alkyl halides is 17. The molecule has 1 N–H and O–H groups in total. The van der Waals surface area contributed by atoms with Crippen molar-refractivity contribution >= 4 is 10.1 Å². The number of ether oxygens (including phenoxy) is 2. The van der Waals surface area contributed by atoms with Crippen LogP contribution in [0.1, 0.15) is 83.1 Å². The van der Waals surface area contributed by atoms with Crippen LogP contribution in [-0.2, 0) is 19.6 Å². The third-order valence-corrected chi connectivity index (χ3v) is 9.66. The van der Waals surface area contributed by atoms with E-state index in [9.17, 15) is 39.2 Å². The maximum atomic E-state index is 17.1. The molecular weight excluding hydrogens is 747 g/mol. The van der Waals surface area contributed by atoms with Crippen LogP contribution in [0.15, 0.2) is 0 Å². The Hall–Kier alpha value is -1.36. The van der Waals surface area contributed by atoms with E-state index >= 15 is 43.9 Å². The second-order valence-corrected chi connectivity index (χ2v) is 16.4. The minimum atomic E-state index is -7.55. The molecule has 0 aromatic carbocycles. The molecule has 0 fully saturated rings. The average Bonchev–Trinajstić information content (AvgIpc) is 2.78. The molecule has 0 aromatic heterocycles. The lowest BCUT2D eigenvalue weighted by Gasteiger charge is -2.59. The summed E-state index contributed by atoms with van der Waals surface area (Å²) in [5, 5.41) is -7.03. The van der Waals surface area contributed by atoms with Gasteiger partial charge >= 0.3 is 57.2 Å². The van der Waals surface area contributed by atoms with Crippen molar-refractivity contribution in [2.45, 2.75) is 142 Å². The Labute approximate surface area is 271 Å². The summed E-state index contributed by atoms with van der Waals surface area (Å²) in [6, 6.07) is 0. The van der Waals surface area contributed by atoms with Gasteiger partial charge in [0.1, 0.15) is 5.60 Å². The number of hydrogen-bond acceptors (Lipinski definition) is 4. The first-order valence-corrected chi connectivity index (χ1v) is 14.9. The molecule has 0 heterocycles. The van der Waals surface area contributed by atoms with E-state index in [1.54, 1.807) is 0 Å². The summed E-state index contributed by atoms with van der Waals surface area (Å²) >= 11 is 0. The quantitative estimate of drug-likeness (QED) is 0.149. The molecule has 0 radical (unpaired) electrons. The molecule has 0 amide bonds. The zero-order valence-corrected chi connectivity index (χ0v) is 28.7. The monoisotopic (exact) mass is 784 g/mol. The van der Waals surface area contributed by atoms with Crippen molar-refractivity contribution in [3.8, 4) is 0 Å². The SMILES string of the molecule is CC(C)(C)C(F)(F)C(F)(F)C(C)(C)C(C)(C)C(F)(OC(F)(F)C(F)(C(F)(F)F)C(C)(C)OC(F)(F)C(F)(F)S(=O)(=O)O)C(F)(F)C(C)(C)C. The van der Waals surface area contributed by atoms with Crippen molar-refractivity contribution in [2.24, 2.45) is 21.7 Å². The van der Waals surface area contributed by atoms with Crippen LogP contribution < -0.4 is 0 Å². The summed E-state index contributed by atoms with van der Waals surface area (Å²) in [4.78, 5) is 0. The highest BCUT2D eigenvalue weighted by Gasteiger charge is 2.87. The summed E-state index contributed by atoms with van der Waals surface area (Å²) in [6.07, 6.45) is -22.1. The van der Waals surface area contributed by atoms with Gasteiger partial charge in [-0.05, 0) is 13.8 Å². The van der Waals surface area contributed by atoms with Gasteiger partial charge in [0.2, 0.25) is 0 Å². The molecule has 0 saturated heterocycles. The maximum Gasteiger partial charge on any atom is 0.459 e. The van der Waals surface area contributed by atoms with Crippen molar-refractivity contribution in [3.63, 3.8) is 0 Å². The third kappa shape index (κ3) is 6.60. The Morgan fingerprint density at radius 1 is 0.449 bits per heavy atom. The van der Waals surface area contributed by atoms with Gasteiger partial charge in [0.05, 0.1) is 0 Å². The van der Waals surface area contributed by atoms with Gasteiger partial charge < -0.3 is 4.74 Å². The highest BCUT2D eigenvalue weighted by atomic mass is 32.2. The Bertz CT molecular complexity index is 1330. The average molecular weight is 785 g/mol. The summed E-state index contributed by atoms with van der Waals surface area (Å²) in [5.74, 6) is -23.2. The van der Waals surface area contributed by atoms with Crippen LogP contribution in [0, 0.1) is 21.7 Å². The van der Waals surface area contributed by atoms with Gasteiger partial charge in [0.25, 0.3) is 5.85 Å². The lowest BCUT2D eigenvalue weighted by Crippen LogP contribution is -2.76. The van der Waals surface area contributed by atoms with Crippen molar-refractivity contribution < 1.29 is 97.1 Å². The van der Waals surface area contributed by atoms with E-state index in [1.807, 2.05) is 0 Å². The van der Waals surface area contributed by atoms with Crippen molar-refractivity contribution in [1.29, 1.82) is 0 Å². The van der Waals surface area contributed by atoms with Gasteiger partial charge in [-0.2, -0.15) is 74.3 Å². The van der Waals surface area contributed by atoms with Gasteiger partial charge in [-0.15, -0.1) is 0 Å². The minimum Gasteiger partial charge on any atom is -0.304 e. The molecule has 0 aliphatic heterocycles. The van der Waals surface area contributed by atoms with Crippen molar-refractivity contribution in [2.75, 3.05) is 0 Å². The molecular formula is C26H37F17O5S. The second-order valence-electron chi connectivity index (χ2n) is 15.0. The molecule has 49 heavy (non-hydrogen) atoms. The lowest BCUT2D eigenvalue weighted by atomic mass is 9.55. The summed E-state index contributed by atoms with van der Waals surface area (Å²) in [5.41, 5.74) is -27.2. The molecule has 0 rings (SSSR count). The molecule has 0 saturated carbocycles. The first-order chi connectivity index (χ1) is 20.4. The Balaban J connectivity index is 8.20. The number of hydrogen-bond donors (Lipinski definition) is 1. The van der Waals surface area contributed by atoms with Crippen LogP contribution in [0.3, 0.4) is 0 Å². The van der Waals surface area contributed by atoms with Crippen LogP contribution in [0.2, 0.25) is 0 Å². The third-order valence-electron chi connectivity index (χ3n) is 8.77.